The molecule has 4 rings (SSSR count). The average molecular weight is 391 g/mol. The van der Waals surface area contributed by atoms with E-state index in [2.05, 4.69) is 55.3 Å². The van der Waals surface area contributed by atoms with Crippen molar-refractivity contribution in [3.05, 3.63) is 66.0 Å². The Kier molecular flexibility index (Phi) is 5.81. The molecule has 0 atom stereocenters. The van der Waals surface area contributed by atoms with Crippen LogP contribution in [-0.2, 0) is 6.54 Å². The molecule has 0 radical (unpaired) electrons. The van der Waals surface area contributed by atoms with E-state index in [0.717, 1.165) is 38.2 Å². The Morgan fingerprint density at radius 1 is 1.10 bits per heavy atom. The van der Waals surface area contributed by atoms with Gasteiger partial charge >= 0.3 is 6.03 Å². The topological polar surface area (TPSA) is 88.0 Å². The Labute approximate surface area is 169 Å². The molecule has 0 saturated carbocycles. The maximum absolute atomic E-state index is 12.4. The van der Waals surface area contributed by atoms with Crippen LogP contribution in [0.1, 0.15) is 24.2 Å². The molecule has 1 aliphatic rings. The second-order valence-corrected chi connectivity index (χ2v) is 7.32. The SMILES string of the molecule is Cc1nnnn1-c1cccc(NC(=O)NC2CCN(Cc3ccccc3)CC2)c1. The van der Waals surface area contributed by atoms with Gasteiger partial charge in [0.1, 0.15) is 0 Å². The molecule has 150 valence electrons. The highest BCUT2D eigenvalue weighted by Crippen LogP contribution is 2.16. The van der Waals surface area contributed by atoms with Crippen LogP contribution in [0.5, 0.6) is 0 Å². The summed E-state index contributed by atoms with van der Waals surface area (Å²) < 4.78 is 1.63. The number of hydrogen-bond donors (Lipinski definition) is 2. The lowest BCUT2D eigenvalue weighted by molar-refractivity contribution is 0.190. The van der Waals surface area contributed by atoms with Crippen molar-refractivity contribution in [1.29, 1.82) is 0 Å². The molecule has 0 bridgehead atoms. The highest BCUT2D eigenvalue weighted by Gasteiger charge is 2.20. The van der Waals surface area contributed by atoms with E-state index < -0.39 is 0 Å². The standard InChI is InChI=1S/C21H25N7O/c1-16-24-25-26-28(16)20-9-5-8-19(14-20)23-21(29)22-18-10-12-27(13-11-18)15-17-6-3-2-4-7-17/h2-9,14,18H,10-13,15H2,1H3,(H2,22,23,29). The van der Waals surface area contributed by atoms with Gasteiger partial charge in [-0.1, -0.05) is 36.4 Å². The largest absolute Gasteiger partial charge is 0.335 e. The minimum atomic E-state index is -0.183. The lowest BCUT2D eigenvalue weighted by atomic mass is 10.0. The molecule has 1 aliphatic heterocycles. The molecule has 2 amide bonds. The predicted molar refractivity (Wildman–Crippen MR) is 111 cm³/mol. The van der Waals surface area contributed by atoms with Gasteiger partial charge in [-0.3, -0.25) is 4.90 Å². The van der Waals surface area contributed by atoms with E-state index in [1.165, 1.54) is 5.56 Å². The molecule has 8 nitrogen and oxygen atoms in total. The lowest BCUT2D eigenvalue weighted by Gasteiger charge is -2.32. The molecule has 0 spiro atoms. The Hall–Kier alpha value is -3.26. The number of piperidine rings is 1. The number of aryl methyl sites for hydroxylation is 1. The minimum Gasteiger partial charge on any atom is -0.335 e. The third-order valence-corrected chi connectivity index (χ3v) is 5.15. The van der Waals surface area contributed by atoms with Crippen molar-refractivity contribution in [3.8, 4) is 5.69 Å². The van der Waals surface area contributed by atoms with Gasteiger partial charge in [-0.2, -0.15) is 4.68 Å². The van der Waals surface area contributed by atoms with Gasteiger partial charge in [0.2, 0.25) is 0 Å². The fourth-order valence-corrected chi connectivity index (χ4v) is 3.62. The van der Waals surface area contributed by atoms with Crippen molar-refractivity contribution in [2.45, 2.75) is 32.4 Å². The van der Waals surface area contributed by atoms with Gasteiger partial charge in [-0.25, -0.2) is 4.79 Å². The normalized spacial score (nSPS) is 15.2. The van der Waals surface area contributed by atoms with Crippen LogP contribution in [0.2, 0.25) is 0 Å². The van der Waals surface area contributed by atoms with Crippen LogP contribution in [0.25, 0.3) is 5.69 Å². The summed E-state index contributed by atoms with van der Waals surface area (Å²) in [5.74, 6) is 0.689. The first kappa shape index (κ1) is 19.1. The van der Waals surface area contributed by atoms with E-state index in [0.29, 0.717) is 11.5 Å². The number of rotatable bonds is 5. The van der Waals surface area contributed by atoms with Gasteiger partial charge < -0.3 is 10.6 Å². The molecule has 2 aromatic carbocycles. The van der Waals surface area contributed by atoms with Crippen molar-refractivity contribution in [2.24, 2.45) is 0 Å². The van der Waals surface area contributed by atoms with Crippen LogP contribution >= 0.6 is 0 Å². The number of hydrogen-bond acceptors (Lipinski definition) is 5. The van der Waals surface area contributed by atoms with Crippen molar-refractivity contribution in [2.75, 3.05) is 18.4 Å². The summed E-state index contributed by atoms with van der Waals surface area (Å²) >= 11 is 0. The van der Waals surface area contributed by atoms with Crippen LogP contribution < -0.4 is 10.6 Å². The zero-order valence-electron chi connectivity index (χ0n) is 16.5. The fraction of sp³-hybridized carbons (Fsp3) is 0.333. The summed E-state index contributed by atoms with van der Waals surface area (Å²) in [6.45, 7) is 4.75. The quantitative estimate of drug-likeness (QED) is 0.698. The van der Waals surface area contributed by atoms with Crippen LogP contribution in [-0.4, -0.2) is 50.3 Å². The maximum atomic E-state index is 12.4. The number of amides is 2. The molecule has 3 aromatic rings. The number of carbonyl (C=O) groups is 1. The van der Waals surface area contributed by atoms with E-state index in [1.807, 2.05) is 37.3 Å². The van der Waals surface area contributed by atoms with Crippen LogP contribution in [0.3, 0.4) is 0 Å². The minimum absolute atomic E-state index is 0.183. The van der Waals surface area contributed by atoms with E-state index >= 15 is 0 Å². The molecular weight excluding hydrogens is 366 g/mol. The van der Waals surface area contributed by atoms with Gasteiger partial charge in [-0.15, -0.1) is 5.10 Å². The Morgan fingerprint density at radius 2 is 1.90 bits per heavy atom. The number of nitrogens with one attached hydrogen (secondary N) is 2. The van der Waals surface area contributed by atoms with Gasteiger partial charge in [0.15, 0.2) is 5.82 Å². The van der Waals surface area contributed by atoms with Crippen molar-refractivity contribution >= 4 is 11.7 Å². The van der Waals surface area contributed by atoms with Crippen LogP contribution in [0.4, 0.5) is 10.5 Å². The molecule has 1 aromatic heterocycles. The van der Waals surface area contributed by atoms with Gasteiger partial charge in [0, 0.05) is 31.4 Å². The molecule has 8 heteroatoms. The number of tetrazole rings is 1. The number of likely N-dealkylation sites (tertiary alicyclic amines) is 1. The highest BCUT2D eigenvalue weighted by atomic mass is 16.2. The molecule has 29 heavy (non-hydrogen) atoms. The number of urea groups is 1. The molecule has 1 saturated heterocycles. The van der Waals surface area contributed by atoms with Crippen LogP contribution in [0, 0.1) is 6.92 Å². The fourth-order valence-electron chi connectivity index (χ4n) is 3.62. The Balaban J connectivity index is 1.27. The van der Waals surface area contributed by atoms with Crippen molar-refractivity contribution in [1.82, 2.24) is 30.4 Å². The second-order valence-electron chi connectivity index (χ2n) is 7.32. The predicted octanol–water partition coefficient (Wildman–Crippen LogP) is 2.76. The molecular formula is C21H25N7O. The smallest absolute Gasteiger partial charge is 0.319 e. The first-order chi connectivity index (χ1) is 14.2. The van der Waals surface area contributed by atoms with Crippen molar-refractivity contribution in [3.63, 3.8) is 0 Å². The lowest BCUT2D eigenvalue weighted by Crippen LogP contribution is -2.45. The Bertz CT molecular complexity index is 948. The van der Waals surface area contributed by atoms with E-state index in [9.17, 15) is 4.79 Å². The third kappa shape index (κ3) is 4.97. The maximum Gasteiger partial charge on any atom is 0.319 e. The summed E-state index contributed by atoms with van der Waals surface area (Å²) in [4.78, 5) is 14.9. The van der Waals surface area contributed by atoms with Crippen LogP contribution in [0.15, 0.2) is 54.6 Å². The van der Waals surface area contributed by atoms with Gasteiger partial charge in [0.05, 0.1) is 5.69 Å². The summed E-state index contributed by atoms with van der Waals surface area (Å²) in [5.41, 5.74) is 2.84. The second kappa shape index (κ2) is 8.83. The molecule has 0 unspecified atom stereocenters. The van der Waals surface area contributed by atoms with Gasteiger partial charge in [0.25, 0.3) is 0 Å². The number of benzene rings is 2. The zero-order chi connectivity index (χ0) is 20.1. The first-order valence-corrected chi connectivity index (χ1v) is 9.86. The van der Waals surface area contributed by atoms with E-state index in [4.69, 9.17) is 0 Å². The average Bonchev–Trinajstić information content (AvgIpc) is 3.16. The summed E-state index contributed by atoms with van der Waals surface area (Å²) in [5, 5.41) is 17.5. The molecule has 2 N–H and O–H groups in total. The zero-order valence-corrected chi connectivity index (χ0v) is 16.5. The summed E-state index contributed by atoms with van der Waals surface area (Å²) in [6.07, 6.45) is 1.90. The molecule has 0 aliphatic carbocycles. The third-order valence-electron chi connectivity index (χ3n) is 5.15. The monoisotopic (exact) mass is 391 g/mol. The number of aromatic nitrogens is 4. The Morgan fingerprint density at radius 3 is 2.62 bits per heavy atom. The number of carbonyl (C=O) groups excluding carboxylic acids is 1. The number of nitrogens with zero attached hydrogens (tertiary/aromatic N) is 5. The first-order valence-electron chi connectivity index (χ1n) is 9.86. The molecule has 1 fully saturated rings. The van der Waals surface area contributed by atoms with E-state index in [1.54, 1.807) is 4.68 Å². The number of anilines is 1. The summed E-state index contributed by atoms with van der Waals surface area (Å²) in [7, 11) is 0. The van der Waals surface area contributed by atoms with Crippen molar-refractivity contribution < 1.29 is 4.79 Å². The summed E-state index contributed by atoms with van der Waals surface area (Å²) in [6, 6.07) is 18.0. The molecule has 2 heterocycles. The van der Waals surface area contributed by atoms with Gasteiger partial charge in [-0.05, 0) is 54.0 Å². The highest BCUT2D eigenvalue weighted by molar-refractivity contribution is 5.89. The van der Waals surface area contributed by atoms with E-state index in [-0.39, 0.29) is 12.1 Å².